The van der Waals surface area contributed by atoms with E-state index in [4.69, 9.17) is 15.0 Å². The molecule has 35 heavy (non-hydrogen) atoms. The van der Waals surface area contributed by atoms with E-state index >= 15 is 0 Å². The number of carboxylic acid groups (broad SMARTS) is 1. The van der Waals surface area contributed by atoms with Crippen molar-refractivity contribution in [3.05, 3.63) is 78.9 Å². The molecule has 1 aromatic heterocycles. The number of aliphatic carboxylic acids is 1. The normalized spacial score (nSPS) is 19.9. The molecule has 1 aromatic carbocycles. The van der Waals surface area contributed by atoms with Crippen LogP contribution in [-0.4, -0.2) is 57.3 Å². The van der Waals surface area contributed by atoms with E-state index in [-0.39, 0.29) is 18.4 Å². The lowest BCUT2D eigenvalue weighted by atomic mass is 10.1. The monoisotopic (exact) mass is 486 g/mol. The number of H-pyrrole nitrogens is 1. The Morgan fingerprint density at radius 2 is 2.06 bits per heavy atom. The Kier molecular flexibility index (Phi) is 8.02. The van der Waals surface area contributed by atoms with Gasteiger partial charge < -0.3 is 19.9 Å². The number of carbonyl (C=O) groups is 3. The fourth-order valence-electron chi connectivity index (χ4n) is 3.51. The first-order valence-electron chi connectivity index (χ1n) is 10.5. The summed E-state index contributed by atoms with van der Waals surface area (Å²) in [5.74, 6) is -3.95. The first kappa shape index (κ1) is 25.2. The number of rotatable bonds is 8. The maximum atomic E-state index is 12.2. The predicted molar refractivity (Wildman–Crippen MR) is 118 cm³/mol. The number of benzene rings is 1. The zero-order valence-corrected chi connectivity index (χ0v) is 18.5. The van der Waals surface area contributed by atoms with Crippen molar-refractivity contribution in [3.8, 4) is 0 Å². The lowest BCUT2D eigenvalue weighted by Gasteiger charge is -2.17. The Hall–Kier alpha value is -4.42. The van der Waals surface area contributed by atoms with Crippen LogP contribution in [0.4, 0.5) is 0 Å². The van der Waals surface area contributed by atoms with Crippen molar-refractivity contribution in [2.24, 2.45) is 5.11 Å². The van der Waals surface area contributed by atoms with Gasteiger partial charge >= 0.3 is 23.5 Å². The summed E-state index contributed by atoms with van der Waals surface area (Å²) in [5, 5.41) is 15.1. The van der Waals surface area contributed by atoms with Gasteiger partial charge in [-0.25, -0.2) is 14.4 Å². The number of carboxylic acids is 1. The van der Waals surface area contributed by atoms with Crippen LogP contribution in [0.5, 0.6) is 0 Å². The summed E-state index contributed by atoms with van der Waals surface area (Å²) >= 11 is 0. The molecule has 14 heteroatoms. The summed E-state index contributed by atoms with van der Waals surface area (Å²) < 4.78 is 11.8. The molecule has 0 unspecified atom stereocenters. The van der Waals surface area contributed by atoms with Gasteiger partial charge in [0, 0.05) is 29.5 Å². The summed E-state index contributed by atoms with van der Waals surface area (Å²) in [5.41, 5.74) is 8.44. The molecule has 3 rings (SSSR count). The van der Waals surface area contributed by atoms with Gasteiger partial charge in [0.2, 0.25) is 0 Å². The van der Waals surface area contributed by atoms with E-state index in [1.165, 1.54) is 13.1 Å². The first-order chi connectivity index (χ1) is 16.7. The zero-order valence-electron chi connectivity index (χ0n) is 18.5. The van der Waals surface area contributed by atoms with Gasteiger partial charge in [-0.15, -0.1) is 0 Å². The van der Waals surface area contributed by atoms with E-state index in [0.717, 1.165) is 4.57 Å². The lowest BCUT2D eigenvalue weighted by molar-refractivity contribution is -0.159. The van der Waals surface area contributed by atoms with Gasteiger partial charge in [0.25, 0.3) is 5.56 Å². The number of aromatic nitrogens is 2. The quantitative estimate of drug-likeness (QED) is 0.154. The van der Waals surface area contributed by atoms with Crippen molar-refractivity contribution in [1.82, 2.24) is 14.9 Å². The van der Waals surface area contributed by atoms with Crippen LogP contribution in [-0.2, 0) is 30.3 Å². The summed E-state index contributed by atoms with van der Waals surface area (Å²) in [4.78, 5) is 64.5. The fraction of sp³-hybridized carbons (Fsp3) is 0.381. The number of nitrogens with one attached hydrogen (secondary N) is 2. The molecule has 184 valence electrons. The third-order valence-corrected chi connectivity index (χ3v) is 5.31. The number of nitrogens with zero attached hydrogens (tertiary/aromatic N) is 4. The number of hydrogen-bond donors (Lipinski definition) is 3. The highest BCUT2D eigenvalue weighted by molar-refractivity contribution is 6.32. The molecule has 0 spiro atoms. The molecule has 3 N–H and O–H groups in total. The number of esters is 1. The van der Waals surface area contributed by atoms with Gasteiger partial charge in [0.1, 0.15) is 25.0 Å². The topological polar surface area (TPSA) is 206 Å². The van der Waals surface area contributed by atoms with Crippen LogP contribution in [0.3, 0.4) is 0 Å². The van der Waals surface area contributed by atoms with Crippen LogP contribution in [0.1, 0.15) is 23.8 Å². The van der Waals surface area contributed by atoms with Gasteiger partial charge in [0.15, 0.2) is 0 Å². The van der Waals surface area contributed by atoms with Crippen molar-refractivity contribution < 1.29 is 29.0 Å². The van der Waals surface area contributed by atoms with Crippen molar-refractivity contribution >= 4 is 17.8 Å². The molecule has 0 bridgehead atoms. The summed E-state index contributed by atoms with van der Waals surface area (Å²) in [7, 11) is 0. The van der Waals surface area contributed by atoms with Crippen molar-refractivity contribution in [2.45, 2.75) is 44.2 Å². The van der Waals surface area contributed by atoms with Crippen LogP contribution in [0.15, 0.2) is 51.2 Å². The average molecular weight is 486 g/mol. The van der Waals surface area contributed by atoms with E-state index in [0.29, 0.717) is 5.56 Å². The molecule has 0 saturated carbocycles. The molecular formula is C21H22N6O8. The van der Waals surface area contributed by atoms with E-state index in [1.54, 1.807) is 30.3 Å². The Bertz CT molecular complexity index is 1270. The smallest absolute Gasteiger partial charge is 0.396 e. The number of azide groups is 1. The zero-order chi connectivity index (χ0) is 25.5. The van der Waals surface area contributed by atoms with Crippen molar-refractivity contribution in [3.63, 3.8) is 0 Å². The molecule has 2 aromatic rings. The molecule has 1 aliphatic heterocycles. The maximum absolute atomic E-state index is 12.2. The van der Waals surface area contributed by atoms with Crippen LogP contribution in [0.25, 0.3) is 10.4 Å². The maximum Gasteiger partial charge on any atom is 0.396 e. The number of aryl methyl sites for hydroxylation is 1. The molecule has 1 aliphatic rings. The summed E-state index contributed by atoms with van der Waals surface area (Å²) in [6.07, 6.45) is -0.629. The number of ether oxygens (including phenoxy) is 2. The van der Waals surface area contributed by atoms with E-state index in [1.807, 2.05) is 0 Å². The largest absolute Gasteiger partial charge is 0.480 e. The lowest BCUT2D eigenvalue weighted by Crippen LogP contribution is -2.46. The number of carbonyl (C=O) groups excluding carboxylic acids is 2. The highest BCUT2D eigenvalue weighted by Gasteiger charge is 2.37. The van der Waals surface area contributed by atoms with Gasteiger partial charge in [0.05, 0.1) is 6.04 Å². The molecule has 1 fully saturated rings. The third kappa shape index (κ3) is 6.34. The van der Waals surface area contributed by atoms with Crippen LogP contribution < -0.4 is 16.6 Å². The van der Waals surface area contributed by atoms with Gasteiger partial charge in [-0.2, -0.15) is 0 Å². The van der Waals surface area contributed by atoms with E-state index < -0.39 is 60.1 Å². The minimum absolute atomic E-state index is 0.0437. The van der Waals surface area contributed by atoms with Gasteiger partial charge in [-0.05, 0) is 18.0 Å². The third-order valence-electron chi connectivity index (χ3n) is 5.31. The van der Waals surface area contributed by atoms with Crippen molar-refractivity contribution in [2.75, 3.05) is 6.61 Å². The summed E-state index contributed by atoms with van der Waals surface area (Å²) in [6, 6.07) is 6.33. The minimum atomic E-state index is -1.36. The Labute approximate surface area is 197 Å². The first-order valence-corrected chi connectivity index (χ1v) is 10.5. The number of amides is 1. The average Bonchev–Trinajstić information content (AvgIpc) is 3.22. The molecule has 0 radical (unpaired) electrons. The van der Waals surface area contributed by atoms with Crippen LogP contribution in [0, 0.1) is 6.92 Å². The van der Waals surface area contributed by atoms with Gasteiger partial charge in [-0.3, -0.25) is 19.1 Å². The van der Waals surface area contributed by atoms with Gasteiger partial charge in [-0.1, -0.05) is 35.4 Å². The van der Waals surface area contributed by atoms with E-state index in [2.05, 4.69) is 20.3 Å². The number of hydrogen-bond acceptors (Lipinski definition) is 8. The second-order valence-corrected chi connectivity index (χ2v) is 7.77. The SMILES string of the molecule is Cc1cn([C@H]2C[C@H](N=[N+]=[N-])[C@@H](COC(=O)C(=O)N[C@@H](Cc3ccccc3)C(=O)O)O2)c(=O)[nH]c1=O. The highest BCUT2D eigenvalue weighted by Crippen LogP contribution is 2.30. The molecular weight excluding hydrogens is 464 g/mol. The highest BCUT2D eigenvalue weighted by atomic mass is 16.6. The second kappa shape index (κ2) is 11.1. The standard InChI is InChI=1S/C21H22N6O8/c1-11-9-27(21(33)24-17(11)28)16-8-13(25-26-22)15(35-16)10-34-20(32)18(29)23-14(19(30)31)7-12-5-3-2-4-6-12/h2-6,9,13-16H,7-8,10H2,1H3,(H,23,29)(H,30,31)(H,24,28,33)/t13-,14-,15+,16+/m0/s1. The molecule has 1 saturated heterocycles. The molecule has 14 nitrogen and oxygen atoms in total. The van der Waals surface area contributed by atoms with Crippen molar-refractivity contribution in [1.29, 1.82) is 0 Å². The van der Waals surface area contributed by atoms with Crippen LogP contribution in [0.2, 0.25) is 0 Å². The Balaban J connectivity index is 1.63. The Morgan fingerprint density at radius 1 is 1.34 bits per heavy atom. The molecule has 2 heterocycles. The fourth-order valence-corrected chi connectivity index (χ4v) is 3.51. The molecule has 0 aliphatic carbocycles. The van der Waals surface area contributed by atoms with Crippen LogP contribution >= 0.6 is 0 Å². The predicted octanol–water partition coefficient (Wildman–Crippen LogP) is 0.167. The summed E-state index contributed by atoms with van der Waals surface area (Å²) in [6.45, 7) is 0.995. The second-order valence-electron chi connectivity index (χ2n) is 7.77. The molecule has 1 amide bonds. The minimum Gasteiger partial charge on any atom is -0.480 e. The Morgan fingerprint density at radius 3 is 2.71 bits per heavy atom. The molecule has 4 atom stereocenters. The number of aromatic amines is 1. The van der Waals surface area contributed by atoms with E-state index in [9.17, 15) is 29.1 Å².